The van der Waals surface area contributed by atoms with Gasteiger partial charge in [-0.3, -0.25) is 9.78 Å². The van der Waals surface area contributed by atoms with Gasteiger partial charge in [-0.2, -0.15) is 0 Å². The Labute approximate surface area is 189 Å². The predicted octanol–water partition coefficient (Wildman–Crippen LogP) is 2.39. The number of nitrogens with zero attached hydrogens (tertiary/aromatic N) is 3. The number of carbonyl (C=O) groups excluding carboxylic acids is 1. The van der Waals surface area contributed by atoms with Gasteiger partial charge in [0.1, 0.15) is 12.3 Å². The molecule has 8 heteroatoms. The zero-order valence-electron chi connectivity index (χ0n) is 16.8. The molecule has 29 heavy (non-hydrogen) atoms. The van der Waals surface area contributed by atoms with E-state index in [1.807, 2.05) is 36.4 Å². The SMILES string of the molecule is CN(C)C(=O)CN=C(NCCc1ccccn1)NC1CCOc2ccccc21.I. The molecule has 0 fully saturated rings. The minimum Gasteiger partial charge on any atom is -0.493 e. The van der Waals surface area contributed by atoms with Crippen molar-refractivity contribution in [1.29, 1.82) is 0 Å². The van der Waals surface area contributed by atoms with Crippen LogP contribution in [0, 0.1) is 0 Å². The number of halogens is 1. The van der Waals surface area contributed by atoms with Crippen molar-refractivity contribution in [2.45, 2.75) is 18.9 Å². The number of aromatic nitrogens is 1. The molecule has 1 unspecified atom stereocenters. The lowest BCUT2D eigenvalue weighted by Gasteiger charge is -2.28. The number of nitrogens with one attached hydrogen (secondary N) is 2. The Balaban J connectivity index is 0.00000300. The second kappa shape index (κ2) is 11.6. The van der Waals surface area contributed by atoms with Gasteiger partial charge in [-0.05, 0) is 18.2 Å². The second-order valence-electron chi connectivity index (χ2n) is 6.82. The summed E-state index contributed by atoms with van der Waals surface area (Å²) >= 11 is 0. The number of hydrogen-bond donors (Lipinski definition) is 2. The summed E-state index contributed by atoms with van der Waals surface area (Å²) < 4.78 is 5.73. The van der Waals surface area contributed by atoms with Crippen molar-refractivity contribution >= 4 is 35.8 Å². The molecule has 156 valence electrons. The monoisotopic (exact) mass is 509 g/mol. The molecule has 7 nitrogen and oxygen atoms in total. The summed E-state index contributed by atoms with van der Waals surface area (Å²) in [4.78, 5) is 22.3. The normalized spacial score (nSPS) is 15.4. The molecule has 0 spiro atoms. The van der Waals surface area contributed by atoms with Crippen molar-refractivity contribution in [3.8, 4) is 5.75 Å². The Kier molecular flexibility index (Phi) is 9.17. The van der Waals surface area contributed by atoms with Crippen molar-refractivity contribution in [2.24, 2.45) is 4.99 Å². The minimum atomic E-state index is -0.0433. The number of fused-ring (bicyclic) bond motifs is 1. The number of hydrogen-bond acceptors (Lipinski definition) is 4. The number of pyridine rings is 1. The molecule has 1 aliphatic heterocycles. The van der Waals surface area contributed by atoms with E-state index in [-0.39, 0.29) is 42.5 Å². The number of carbonyl (C=O) groups is 1. The molecule has 0 radical (unpaired) electrons. The van der Waals surface area contributed by atoms with Gasteiger partial charge in [-0.25, -0.2) is 4.99 Å². The number of likely N-dealkylation sites (N-methyl/N-ethyl adjacent to an activating group) is 1. The number of amides is 1. The first-order valence-electron chi connectivity index (χ1n) is 9.50. The average molecular weight is 509 g/mol. The number of rotatable bonds is 6. The first-order valence-corrected chi connectivity index (χ1v) is 9.50. The number of para-hydroxylation sites is 1. The Morgan fingerprint density at radius 3 is 2.79 bits per heavy atom. The third kappa shape index (κ3) is 6.88. The highest BCUT2D eigenvalue weighted by Gasteiger charge is 2.22. The highest BCUT2D eigenvalue weighted by atomic mass is 127. The predicted molar refractivity (Wildman–Crippen MR) is 125 cm³/mol. The van der Waals surface area contributed by atoms with E-state index >= 15 is 0 Å². The van der Waals surface area contributed by atoms with Crippen LogP contribution in [0.1, 0.15) is 23.7 Å². The van der Waals surface area contributed by atoms with E-state index in [4.69, 9.17) is 4.74 Å². The van der Waals surface area contributed by atoms with Crippen LogP contribution in [0.15, 0.2) is 53.7 Å². The van der Waals surface area contributed by atoms with E-state index in [1.165, 1.54) is 0 Å². The highest BCUT2D eigenvalue weighted by Crippen LogP contribution is 2.31. The van der Waals surface area contributed by atoms with E-state index in [0.29, 0.717) is 19.1 Å². The van der Waals surface area contributed by atoms with E-state index in [1.54, 1.807) is 25.2 Å². The van der Waals surface area contributed by atoms with Crippen molar-refractivity contribution in [3.05, 3.63) is 59.9 Å². The van der Waals surface area contributed by atoms with Gasteiger partial charge >= 0.3 is 0 Å². The Bertz CT molecular complexity index is 814. The molecule has 0 bridgehead atoms. The molecule has 2 aromatic rings. The smallest absolute Gasteiger partial charge is 0.243 e. The Hall–Kier alpha value is -2.36. The highest BCUT2D eigenvalue weighted by molar-refractivity contribution is 14.0. The lowest BCUT2D eigenvalue weighted by atomic mass is 10.0. The zero-order chi connectivity index (χ0) is 19.8. The van der Waals surface area contributed by atoms with Gasteiger partial charge < -0.3 is 20.3 Å². The first-order chi connectivity index (χ1) is 13.6. The third-order valence-electron chi connectivity index (χ3n) is 4.54. The van der Waals surface area contributed by atoms with Crippen LogP contribution >= 0.6 is 24.0 Å². The lowest BCUT2D eigenvalue weighted by molar-refractivity contribution is -0.127. The minimum absolute atomic E-state index is 0. The van der Waals surface area contributed by atoms with E-state index in [2.05, 4.69) is 26.7 Å². The van der Waals surface area contributed by atoms with Gasteiger partial charge in [0.15, 0.2) is 5.96 Å². The van der Waals surface area contributed by atoms with Gasteiger partial charge in [-0.1, -0.05) is 24.3 Å². The summed E-state index contributed by atoms with van der Waals surface area (Å²) in [5, 5.41) is 6.79. The topological polar surface area (TPSA) is 78.9 Å². The van der Waals surface area contributed by atoms with E-state index in [0.717, 1.165) is 29.8 Å². The summed E-state index contributed by atoms with van der Waals surface area (Å²) in [6.07, 6.45) is 3.39. The largest absolute Gasteiger partial charge is 0.493 e. The van der Waals surface area contributed by atoms with Crippen molar-refractivity contribution < 1.29 is 9.53 Å². The lowest BCUT2D eigenvalue weighted by Crippen LogP contribution is -2.42. The molecule has 0 saturated heterocycles. The van der Waals surface area contributed by atoms with Crippen LogP contribution in [-0.4, -0.2) is 55.5 Å². The maximum atomic E-state index is 12.0. The fourth-order valence-corrected chi connectivity index (χ4v) is 2.95. The fourth-order valence-electron chi connectivity index (χ4n) is 2.95. The standard InChI is InChI=1S/C21H27N5O2.HI/c1-26(2)20(27)15-24-21(23-13-10-16-7-5-6-12-22-16)25-18-11-14-28-19-9-4-3-8-17(18)19;/h3-9,12,18H,10-11,13-15H2,1-2H3,(H2,23,24,25);1H. The number of ether oxygens (including phenoxy) is 1. The summed E-state index contributed by atoms with van der Waals surface area (Å²) in [6.45, 7) is 1.41. The van der Waals surface area contributed by atoms with Crippen molar-refractivity contribution in [1.82, 2.24) is 20.5 Å². The molecule has 3 rings (SSSR count). The number of aliphatic imine (C=N–C) groups is 1. The molecule has 1 aromatic heterocycles. The van der Waals surface area contributed by atoms with Crippen LogP contribution in [0.5, 0.6) is 5.75 Å². The molecule has 2 heterocycles. The molecule has 0 aliphatic carbocycles. The summed E-state index contributed by atoms with van der Waals surface area (Å²) in [5.74, 6) is 1.47. The molecule has 0 saturated carbocycles. The van der Waals surface area contributed by atoms with Crippen LogP contribution in [0.25, 0.3) is 0 Å². The summed E-state index contributed by atoms with van der Waals surface area (Å²) in [5.41, 5.74) is 2.11. The van der Waals surface area contributed by atoms with Crippen LogP contribution in [0.4, 0.5) is 0 Å². The maximum Gasteiger partial charge on any atom is 0.243 e. The second-order valence-corrected chi connectivity index (χ2v) is 6.82. The fraction of sp³-hybridized carbons (Fsp3) is 0.381. The Morgan fingerprint density at radius 2 is 2.03 bits per heavy atom. The van der Waals surface area contributed by atoms with Gasteiger partial charge in [0.25, 0.3) is 0 Å². The molecule has 2 N–H and O–H groups in total. The van der Waals surface area contributed by atoms with Gasteiger partial charge in [0.05, 0.1) is 12.6 Å². The van der Waals surface area contributed by atoms with Gasteiger partial charge in [0.2, 0.25) is 5.91 Å². The first kappa shape index (κ1) is 22.9. The average Bonchev–Trinajstić information content (AvgIpc) is 2.72. The van der Waals surface area contributed by atoms with E-state index < -0.39 is 0 Å². The zero-order valence-corrected chi connectivity index (χ0v) is 19.1. The van der Waals surface area contributed by atoms with Crippen LogP contribution in [0.2, 0.25) is 0 Å². The molecule has 1 atom stereocenters. The maximum absolute atomic E-state index is 12.0. The Morgan fingerprint density at radius 1 is 1.24 bits per heavy atom. The van der Waals surface area contributed by atoms with Gasteiger partial charge in [0, 0.05) is 50.9 Å². The molecular formula is C21H28IN5O2. The molecule has 1 aliphatic rings. The quantitative estimate of drug-likeness (QED) is 0.355. The van der Waals surface area contributed by atoms with Crippen LogP contribution in [0.3, 0.4) is 0 Å². The van der Waals surface area contributed by atoms with E-state index in [9.17, 15) is 4.79 Å². The third-order valence-corrected chi connectivity index (χ3v) is 4.54. The number of guanidine groups is 1. The van der Waals surface area contributed by atoms with Crippen molar-refractivity contribution in [2.75, 3.05) is 33.8 Å². The molecule has 1 amide bonds. The van der Waals surface area contributed by atoms with Crippen LogP contribution < -0.4 is 15.4 Å². The summed E-state index contributed by atoms with van der Waals surface area (Å²) in [7, 11) is 3.46. The van der Waals surface area contributed by atoms with Gasteiger partial charge in [-0.15, -0.1) is 24.0 Å². The van der Waals surface area contributed by atoms with Crippen LogP contribution in [-0.2, 0) is 11.2 Å². The van der Waals surface area contributed by atoms with Crippen molar-refractivity contribution in [3.63, 3.8) is 0 Å². The molecule has 1 aromatic carbocycles. The molecular weight excluding hydrogens is 481 g/mol. The summed E-state index contributed by atoms with van der Waals surface area (Å²) in [6, 6.07) is 14.0. The number of benzene rings is 1.